The number of urea groups is 1. The zero-order valence-corrected chi connectivity index (χ0v) is 18.5. The molecule has 2 heterocycles. The Kier molecular flexibility index (Phi) is 5.06. The number of fused-ring (bicyclic) bond motifs is 1. The molecule has 3 aromatic rings. The van der Waals surface area contributed by atoms with Crippen molar-refractivity contribution in [1.29, 1.82) is 0 Å². The minimum Gasteiger partial charge on any atom is -0.315 e. The number of carbonyl (C=O) groups excluding carboxylic acids is 2. The first-order chi connectivity index (χ1) is 15.5. The van der Waals surface area contributed by atoms with Gasteiger partial charge in [0.2, 0.25) is 0 Å². The van der Waals surface area contributed by atoms with Crippen molar-refractivity contribution in [2.24, 2.45) is 0 Å². The van der Waals surface area contributed by atoms with Gasteiger partial charge in [-0.3, -0.25) is 9.69 Å². The van der Waals surface area contributed by atoms with Crippen LogP contribution in [0.5, 0.6) is 0 Å². The van der Waals surface area contributed by atoms with Gasteiger partial charge in [0.15, 0.2) is 5.54 Å². The molecule has 0 radical (unpaired) electrons. The molecule has 1 saturated heterocycles. The summed E-state index contributed by atoms with van der Waals surface area (Å²) in [7, 11) is 0. The number of carbonyl (C=O) groups is 2. The van der Waals surface area contributed by atoms with Crippen LogP contribution in [0.3, 0.4) is 0 Å². The summed E-state index contributed by atoms with van der Waals surface area (Å²) in [6.45, 7) is 5.90. The third-order valence-electron chi connectivity index (χ3n) is 6.80. The maximum atomic E-state index is 14.0. The second-order valence-electron chi connectivity index (χ2n) is 8.79. The lowest BCUT2D eigenvalue weighted by atomic mass is 9.81. The number of benzene rings is 3. The molecule has 1 fully saturated rings. The summed E-state index contributed by atoms with van der Waals surface area (Å²) in [5.74, 6) is -0.226. The molecule has 0 spiro atoms. The van der Waals surface area contributed by atoms with Crippen LogP contribution in [0, 0.1) is 13.8 Å². The first-order valence-corrected chi connectivity index (χ1v) is 11.1. The van der Waals surface area contributed by atoms with Gasteiger partial charge < -0.3 is 5.32 Å². The summed E-state index contributed by atoms with van der Waals surface area (Å²) in [6, 6.07) is 23.6. The molecule has 0 aromatic heterocycles. The lowest BCUT2D eigenvalue weighted by Gasteiger charge is -2.32. The molecule has 2 aliphatic rings. The van der Waals surface area contributed by atoms with E-state index in [2.05, 4.69) is 28.4 Å². The van der Waals surface area contributed by atoms with Crippen molar-refractivity contribution in [2.45, 2.75) is 32.4 Å². The van der Waals surface area contributed by atoms with E-state index in [0.717, 1.165) is 41.8 Å². The second-order valence-corrected chi connectivity index (χ2v) is 8.79. The molecule has 1 atom stereocenters. The third-order valence-corrected chi connectivity index (χ3v) is 6.80. The van der Waals surface area contributed by atoms with Crippen molar-refractivity contribution in [1.82, 2.24) is 15.1 Å². The van der Waals surface area contributed by atoms with Gasteiger partial charge in [0.25, 0.3) is 5.91 Å². The van der Waals surface area contributed by atoms with Gasteiger partial charge in [-0.05, 0) is 53.6 Å². The van der Waals surface area contributed by atoms with Crippen molar-refractivity contribution in [3.8, 4) is 0 Å². The van der Waals surface area contributed by atoms with Crippen LogP contribution in [0.4, 0.5) is 4.79 Å². The van der Waals surface area contributed by atoms with Crippen molar-refractivity contribution in [3.05, 3.63) is 106 Å². The van der Waals surface area contributed by atoms with Crippen LogP contribution < -0.4 is 5.32 Å². The predicted molar refractivity (Wildman–Crippen MR) is 124 cm³/mol. The largest absolute Gasteiger partial charge is 0.326 e. The number of aryl methyl sites for hydroxylation is 2. The fourth-order valence-electron chi connectivity index (χ4n) is 4.80. The minimum atomic E-state index is -1.22. The highest BCUT2D eigenvalue weighted by atomic mass is 16.2. The average molecular weight is 426 g/mol. The number of nitrogens with one attached hydrogen (secondary N) is 1. The summed E-state index contributed by atoms with van der Waals surface area (Å²) in [5, 5.41) is 3.07. The Morgan fingerprint density at radius 3 is 2.31 bits per heavy atom. The Bertz CT molecular complexity index is 1190. The van der Waals surface area contributed by atoms with Crippen LogP contribution in [0.15, 0.2) is 72.8 Å². The van der Waals surface area contributed by atoms with Gasteiger partial charge in [-0.15, -0.1) is 0 Å². The summed E-state index contributed by atoms with van der Waals surface area (Å²) in [6.07, 6.45) is 0.917. The van der Waals surface area contributed by atoms with Gasteiger partial charge in [-0.1, -0.05) is 72.8 Å². The van der Waals surface area contributed by atoms with Crippen LogP contribution in [-0.4, -0.2) is 35.0 Å². The van der Waals surface area contributed by atoms with E-state index in [1.165, 1.54) is 16.0 Å². The quantitative estimate of drug-likeness (QED) is 0.640. The summed E-state index contributed by atoms with van der Waals surface area (Å²) in [4.78, 5) is 30.7. The molecule has 3 aromatic carbocycles. The number of hydrogen-bond donors (Lipinski definition) is 1. The SMILES string of the molecule is Cc1ccc([C@]2(c3ccccc3)NC(=O)N(CN3CCc4ccccc4C3)C2=O)cc1C. The monoisotopic (exact) mass is 425 g/mol. The average Bonchev–Trinajstić information content (AvgIpc) is 3.07. The summed E-state index contributed by atoms with van der Waals surface area (Å²) >= 11 is 0. The van der Waals surface area contributed by atoms with E-state index in [9.17, 15) is 9.59 Å². The van der Waals surface area contributed by atoms with Crippen molar-refractivity contribution < 1.29 is 9.59 Å². The zero-order chi connectivity index (χ0) is 22.3. The second kappa shape index (κ2) is 7.92. The number of nitrogens with zero attached hydrogens (tertiary/aromatic N) is 2. The standard InChI is InChI=1S/C27H27N3O2/c1-19-12-13-24(16-20(19)2)27(23-10-4-3-5-11-23)25(31)30(26(32)28-27)18-29-15-14-21-8-6-7-9-22(21)17-29/h3-13,16H,14-15,17-18H2,1-2H3,(H,28,32)/t27-/m0/s1. The van der Waals surface area contributed by atoms with E-state index < -0.39 is 5.54 Å². The Morgan fingerprint density at radius 1 is 0.844 bits per heavy atom. The Hall–Kier alpha value is -3.44. The first kappa shape index (κ1) is 20.5. The van der Waals surface area contributed by atoms with Crippen LogP contribution in [0.2, 0.25) is 0 Å². The third kappa shape index (κ3) is 3.30. The smallest absolute Gasteiger partial charge is 0.315 e. The van der Waals surface area contributed by atoms with Crippen molar-refractivity contribution in [3.63, 3.8) is 0 Å². The van der Waals surface area contributed by atoms with Crippen molar-refractivity contribution >= 4 is 11.9 Å². The van der Waals surface area contributed by atoms with Crippen LogP contribution in [0.25, 0.3) is 0 Å². The van der Waals surface area contributed by atoms with Gasteiger partial charge in [0.1, 0.15) is 0 Å². The number of rotatable bonds is 4. The molecule has 0 unspecified atom stereocenters. The molecule has 5 rings (SSSR count). The van der Waals surface area contributed by atoms with Crippen molar-refractivity contribution in [2.75, 3.05) is 13.2 Å². The van der Waals surface area contributed by atoms with E-state index in [1.807, 2.05) is 68.4 Å². The van der Waals surface area contributed by atoms with Crippen LogP contribution in [0.1, 0.15) is 33.4 Å². The molecule has 162 valence electrons. The number of hydrogen-bond acceptors (Lipinski definition) is 3. The first-order valence-electron chi connectivity index (χ1n) is 11.1. The molecule has 2 aliphatic heterocycles. The maximum Gasteiger partial charge on any atom is 0.326 e. The minimum absolute atomic E-state index is 0.226. The fourth-order valence-corrected chi connectivity index (χ4v) is 4.80. The van der Waals surface area contributed by atoms with E-state index >= 15 is 0 Å². The number of imide groups is 1. The highest BCUT2D eigenvalue weighted by Crippen LogP contribution is 2.37. The summed E-state index contributed by atoms with van der Waals surface area (Å²) in [5.41, 5.74) is 5.18. The molecular formula is C27H27N3O2. The molecule has 32 heavy (non-hydrogen) atoms. The maximum absolute atomic E-state index is 14.0. The highest BCUT2D eigenvalue weighted by molar-refractivity contribution is 6.09. The molecular weight excluding hydrogens is 398 g/mol. The number of amides is 3. The molecule has 5 nitrogen and oxygen atoms in total. The summed E-state index contributed by atoms with van der Waals surface area (Å²) < 4.78 is 0. The highest BCUT2D eigenvalue weighted by Gasteiger charge is 2.54. The Balaban J connectivity index is 1.50. The van der Waals surface area contributed by atoms with E-state index in [4.69, 9.17) is 0 Å². The van der Waals surface area contributed by atoms with Gasteiger partial charge in [0, 0.05) is 13.1 Å². The lowest BCUT2D eigenvalue weighted by molar-refractivity contribution is -0.131. The predicted octanol–water partition coefficient (Wildman–Crippen LogP) is 4.11. The topological polar surface area (TPSA) is 52.7 Å². The molecule has 0 bridgehead atoms. The Morgan fingerprint density at radius 2 is 1.56 bits per heavy atom. The van der Waals surface area contributed by atoms with Gasteiger partial charge in [-0.25, -0.2) is 9.69 Å². The molecule has 3 amide bonds. The van der Waals surface area contributed by atoms with Crippen LogP contribution >= 0.6 is 0 Å². The normalized spacial score (nSPS) is 20.9. The van der Waals surface area contributed by atoms with Gasteiger partial charge >= 0.3 is 6.03 Å². The zero-order valence-electron chi connectivity index (χ0n) is 18.5. The molecule has 1 N–H and O–H groups in total. The van der Waals surface area contributed by atoms with E-state index in [0.29, 0.717) is 0 Å². The van der Waals surface area contributed by atoms with E-state index in [1.54, 1.807) is 0 Å². The van der Waals surface area contributed by atoms with Gasteiger partial charge in [0.05, 0.1) is 6.67 Å². The van der Waals surface area contributed by atoms with Crippen LogP contribution in [-0.2, 0) is 23.3 Å². The lowest BCUT2D eigenvalue weighted by Crippen LogP contribution is -2.47. The molecule has 0 saturated carbocycles. The van der Waals surface area contributed by atoms with Gasteiger partial charge in [-0.2, -0.15) is 0 Å². The fraction of sp³-hybridized carbons (Fsp3) is 0.259. The Labute approximate surface area is 188 Å². The molecule has 5 heteroatoms. The molecule has 0 aliphatic carbocycles. The van der Waals surface area contributed by atoms with E-state index in [-0.39, 0.29) is 18.6 Å².